The number of nitrogens with two attached hydrogens (primary N) is 1. The summed E-state index contributed by atoms with van der Waals surface area (Å²) in [6, 6.07) is 14.8. The van der Waals surface area contributed by atoms with Gasteiger partial charge in [0.25, 0.3) is 0 Å². The third-order valence-electron chi connectivity index (χ3n) is 3.86. The highest BCUT2D eigenvalue weighted by atomic mass is 35.5. The summed E-state index contributed by atoms with van der Waals surface area (Å²) < 4.78 is 0. The first-order valence-corrected chi connectivity index (χ1v) is 7.61. The Kier molecular flexibility index (Phi) is 5.40. The number of aryl methyl sites for hydroxylation is 2. The molecule has 0 saturated carbocycles. The van der Waals surface area contributed by atoms with Gasteiger partial charge in [-0.25, -0.2) is 0 Å². The second-order valence-electron chi connectivity index (χ2n) is 5.66. The molecule has 21 heavy (non-hydrogen) atoms. The molecule has 2 aromatic rings. The molecule has 0 saturated heterocycles. The maximum Gasteiger partial charge on any atom is 0.0473 e. The van der Waals surface area contributed by atoms with Crippen LogP contribution >= 0.6 is 11.6 Å². The van der Waals surface area contributed by atoms with Crippen molar-refractivity contribution in [2.75, 3.05) is 13.6 Å². The lowest BCUT2D eigenvalue weighted by atomic mass is 9.99. The van der Waals surface area contributed by atoms with Crippen molar-refractivity contribution < 1.29 is 0 Å². The van der Waals surface area contributed by atoms with Gasteiger partial charge >= 0.3 is 0 Å². The van der Waals surface area contributed by atoms with Crippen molar-refractivity contribution >= 4 is 11.6 Å². The van der Waals surface area contributed by atoms with Gasteiger partial charge in [0.1, 0.15) is 0 Å². The van der Waals surface area contributed by atoms with Crippen LogP contribution < -0.4 is 5.73 Å². The Balaban J connectivity index is 2.20. The first-order chi connectivity index (χ1) is 10.0. The highest BCUT2D eigenvalue weighted by Gasteiger charge is 2.17. The molecule has 0 aliphatic heterocycles. The van der Waals surface area contributed by atoms with Gasteiger partial charge in [0, 0.05) is 24.2 Å². The minimum Gasteiger partial charge on any atom is -0.329 e. The van der Waals surface area contributed by atoms with Gasteiger partial charge in [-0.1, -0.05) is 47.5 Å². The summed E-state index contributed by atoms with van der Waals surface area (Å²) in [5, 5.41) is 0.772. The minimum atomic E-state index is 0.197. The monoisotopic (exact) mass is 302 g/mol. The highest BCUT2D eigenvalue weighted by Crippen LogP contribution is 2.25. The number of rotatable bonds is 5. The van der Waals surface area contributed by atoms with Gasteiger partial charge in [-0.3, -0.25) is 4.90 Å². The second-order valence-corrected chi connectivity index (χ2v) is 6.09. The minimum absolute atomic E-state index is 0.197. The van der Waals surface area contributed by atoms with Crippen LogP contribution in [0.4, 0.5) is 0 Å². The van der Waals surface area contributed by atoms with E-state index in [2.05, 4.69) is 56.1 Å². The van der Waals surface area contributed by atoms with E-state index >= 15 is 0 Å². The fourth-order valence-electron chi connectivity index (χ4n) is 2.77. The Morgan fingerprint density at radius 2 is 1.90 bits per heavy atom. The molecular formula is C18H23ClN2. The molecule has 2 N–H and O–H groups in total. The van der Waals surface area contributed by atoms with Crippen LogP contribution in [0.3, 0.4) is 0 Å². The van der Waals surface area contributed by atoms with Crippen molar-refractivity contribution in [3.8, 4) is 0 Å². The summed E-state index contributed by atoms with van der Waals surface area (Å²) in [6.07, 6.45) is 0. The van der Waals surface area contributed by atoms with E-state index in [0.29, 0.717) is 6.54 Å². The molecule has 0 radical (unpaired) electrons. The maximum atomic E-state index is 6.05. The molecule has 0 heterocycles. The zero-order valence-electron chi connectivity index (χ0n) is 12.9. The lowest BCUT2D eigenvalue weighted by molar-refractivity contribution is 0.241. The van der Waals surface area contributed by atoms with Gasteiger partial charge in [0.2, 0.25) is 0 Å². The van der Waals surface area contributed by atoms with E-state index in [-0.39, 0.29) is 6.04 Å². The summed E-state index contributed by atoms with van der Waals surface area (Å²) >= 11 is 6.05. The van der Waals surface area contributed by atoms with Gasteiger partial charge in [0.15, 0.2) is 0 Å². The van der Waals surface area contributed by atoms with E-state index in [0.717, 1.165) is 11.6 Å². The van der Waals surface area contributed by atoms with Crippen LogP contribution in [0, 0.1) is 13.8 Å². The topological polar surface area (TPSA) is 29.3 Å². The van der Waals surface area contributed by atoms with Gasteiger partial charge in [-0.05, 0) is 49.7 Å². The largest absolute Gasteiger partial charge is 0.329 e. The zero-order valence-corrected chi connectivity index (χ0v) is 13.7. The zero-order chi connectivity index (χ0) is 15.4. The lowest BCUT2D eigenvalue weighted by Crippen LogP contribution is -2.30. The van der Waals surface area contributed by atoms with E-state index < -0.39 is 0 Å². The number of likely N-dealkylation sites (N-methyl/N-ethyl adjacent to an activating group) is 1. The fraction of sp³-hybridized carbons (Fsp3) is 0.333. The number of nitrogens with zero attached hydrogens (tertiary/aromatic N) is 1. The average molecular weight is 303 g/mol. The molecule has 112 valence electrons. The molecule has 0 bridgehead atoms. The Morgan fingerprint density at radius 1 is 1.14 bits per heavy atom. The van der Waals surface area contributed by atoms with Crippen molar-refractivity contribution in [1.29, 1.82) is 0 Å². The Hall–Kier alpha value is -1.35. The van der Waals surface area contributed by atoms with E-state index in [1.54, 1.807) is 0 Å². The Morgan fingerprint density at radius 3 is 2.52 bits per heavy atom. The van der Waals surface area contributed by atoms with Crippen molar-refractivity contribution in [2.45, 2.75) is 26.4 Å². The maximum absolute atomic E-state index is 6.05. The van der Waals surface area contributed by atoms with Gasteiger partial charge in [-0.2, -0.15) is 0 Å². The highest BCUT2D eigenvalue weighted by molar-refractivity contribution is 6.30. The SMILES string of the molecule is Cc1cccc(CN(C)C(CN)c2ccc(Cl)cc2C)c1. The quantitative estimate of drug-likeness (QED) is 0.901. The van der Waals surface area contributed by atoms with E-state index in [9.17, 15) is 0 Å². The van der Waals surface area contributed by atoms with Crippen LogP contribution in [0.5, 0.6) is 0 Å². The van der Waals surface area contributed by atoms with E-state index in [1.807, 2.05) is 12.1 Å². The summed E-state index contributed by atoms with van der Waals surface area (Å²) in [6.45, 7) is 5.67. The molecule has 0 aliphatic rings. The molecular weight excluding hydrogens is 280 g/mol. The third kappa shape index (κ3) is 4.07. The number of hydrogen-bond acceptors (Lipinski definition) is 2. The van der Waals surface area contributed by atoms with Crippen molar-refractivity contribution in [3.05, 3.63) is 69.7 Å². The third-order valence-corrected chi connectivity index (χ3v) is 4.10. The summed E-state index contributed by atoms with van der Waals surface area (Å²) in [5.41, 5.74) is 11.1. The Labute approximate surface area is 132 Å². The fourth-order valence-corrected chi connectivity index (χ4v) is 2.99. The van der Waals surface area contributed by atoms with Crippen LogP contribution in [-0.2, 0) is 6.54 Å². The van der Waals surface area contributed by atoms with E-state index in [1.165, 1.54) is 22.3 Å². The normalized spacial score (nSPS) is 12.7. The summed E-state index contributed by atoms with van der Waals surface area (Å²) in [7, 11) is 2.12. The molecule has 2 nitrogen and oxygen atoms in total. The molecule has 0 fully saturated rings. The molecule has 0 aromatic heterocycles. The van der Waals surface area contributed by atoms with Gasteiger partial charge in [0.05, 0.1) is 0 Å². The number of hydrogen-bond donors (Lipinski definition) is 1. The van der Waals surface area contributed by atoms with Gasteiger partial charge in [-0.15, -0.1) is 0 Å². The van der Waals surface area contributed by atoms with Crippen molar-refractivity contribution in [1.82, 2.24) is 4.90 Å². The summed E-state index contributed by atoms with van der Waals surface area (Å²) in [5.74, 6) is 0. The predicted octanol–water partition coefficient (Wildman–Crippen LogP) is 4.09. The Bertz CT molecular complexity index is 610. The van der Waals surface area contributed by atoms with Crippen LogP contribution in [0.2, 0.25) is 5.02 Å². The predicted molar refractivity (Wildman–Crippen MR) is 90.6 cm³/mol. The summed E-state index contributed by atoms with van der Waals surface area (Å²) in [4.78, 5) is 2.30. The lowest BCUT2D eigenvalue weighted by Gasteiger charge is -2.29. The molecule has 1 atom stereocenters. The molecule has 2 aromatic carbocycles. The van der Waals surface area contributed by atoms with Crippen LogP contribution in [0.25, 0.3) is 0 Å². The van der Waals surface area contributed by atoms with Crippen molar-refractivity contribution in [3.63, 3.8) is 0 Å². The number of benzene rings is 2. The molecule has 1 unspecified atom stereocenters. The first-order valence-electron chi connectivity index (χ1n) is 7.23. The average Bonchev–Trinajstić information content (AvgIpc) is 2.42. The molecule has 2 rings (SSSR count). The van der Waals surface area contributed by atoms with Crippen LogP contribution in [0.1, 0.15) is 28.3 Å². The van der Waals surface area contributed by atoms with Gasteiger partial charge < -0.3 is 5.73 Å². The van der Waals surface area contributed by atoms with Crippen LogP contribution in [-0.4, -0.2) is 18.5 Å². The molecule has 0 aliphatic carbocycles. The van der Waals surface area contributed by atoms with Crippen molar-refractivity contribution in [2.24, 2.45) is 5.73 Å². The molecule has 0 spiro atoms. The second kappa shape index (κ2) is 7.08. The smallest absolute Gasteiger partial charge is 0.0473 e. The van der Waals surface area contributed by atoms with Crippen LogP contribution in [0.15, 0.2) is 42.5 Å². The molecule has 3 heteroatoms. The van der Waals surface area contributed by atoms with E-state index in [4.69, 9.17) is 17.3 Å². The molecule has 0 amide bonds. The number of halogens is 1. The standard InChI is InChI=1S/C18H23ClN2/c1-13-5-4-6-15(9-13)12-21(3)18(11-20)17-8-7-16(19)10-14(17)2/h4-10,18H,11-12,20H2,1-3H3. The first kappa shape index (κ1) is 16.0.